The van der Waals surface area contributed by atoms with Crippen LogP contribution in [0.1, 0.15) is 5.56 Å². The second-order valence-corrected chi connectivity index (χ2v) is 7.72. The molecule has 1 saturated heterocycles. The SMILES string of the molecule is Cc1ccc(N2NC=CC=C2C(F)(F)F)cc1-c1cc(NCCO)nc(N2CCOCC2)c1. The van der Waals surface area contributed by atoms with Crippen LogP contribution in [0.3, 0.4) is 0 Å². The van der Waals surface area contributed by atoms with Crippen LogP contribution >= 0.6 is 0 Å². The highest BCUT2D eigenvalue weighted by Crippen LogP contribution is 2.36. The van der Waals surface area contributed by atoms with E-state index in [0.29, 0.717) is 44.4 Å². The van der Waals surface area contributed by atoms with E-state index in [1.165, 1.54) is 12.3 Å². The number of rotatable bonds is 6. The van der Waals surface area contributed by atoms with E-state index in [1.54, 1.807) is 18.2 Å². The van der Waals surface area contributed by atoms with E-state index in [1.807, 2.05) is 19.1 Å². The number of benzene rings is 1. The quantitative estimate of drug-likeness (QED) is 0.607. The Labute approximate surface area is 190 Å². The molecule has 1 aromatic carbocycles. The van der Waals surface area contributed by atoms with Crippen LogP contribution in [0.2, 0.25) is 0 Å². The van der Waals surface area contributed by atoms with Gasteiger partial charge in [0.1, 0.15) is 17.3 Å². The lowest BCUT2D eigenvalue weighted by atomic mass is 9.99. The molecule has 176 valence electrons. The maximum atomic E-state index is 13.6. The number of nitrogens with one attached hydrogen (secondary N) is 2. The topological polar surface area (TPSA) is 72.9 Å². The lowest BCUT2D eigenvalue weighted by molar-refractivity contribution is -0.0942. The van der Waals surface area contributed by atoms with Gasteiger partial charge >= 0.3 is 6.18 Å². The molecule has 0 unspecified atom stereocenters. The van der Waals surface area contributed by atoms with Gasteiger partial charge in [-0.2, -0.15) is 13.2 Å². The average molecular weight is 461 g/mol. The molecular weight excluding hydrogens is 435 g/mol. The Morgan fingerprint density at radius 3 is 2.70 bits per heavy atom. The molecule has 0 spiro atoms. The van der Waals surface area contributed by atoms with Crippen molar-refractivity contribution < 1.29 is 23.0 Å². The number of halogens is 3. The molecule has 3 heterocycles. The molecular formula is C23H26F3N5O2. The molecule has 0 aliphatic carbocycles. The van der Waals surface area contributed by atoms with Crippen molar-refractivity contribution in [2.45, 2.75) is 13.1 Å². The first-order valence-electron chi connectivity index (χ1n) is 10.7. The van der Waals surface area contributed by atoms with E-state index in [2.05, 4.69) is 20.6 Å². The number of ether oxygens (including phenoxy) is 1. The van der Waals surface area contributed by atoms with Gasteiger partial charge in [-0.05, 0) is 60.0 Å². The highest BCUT2D eigenvalue weighted by molar-refractivity contribution is 5.77. The summed E-state index contributed by atoms with van der Waals surface area (Å²) in [6.07, 6.45) is -0.695. The minimum atomic E-state index is -4.51. The maximum absolute atomic E-state index is 13.6. The van der Waals surface area contributed by atoms with Crippen LogP contribution in [0, 0.1) is 6.92 Å². The second kappa shape index (κ2) is 9.72. The lowest BCUT2D eigenvalue weighted by Crippen LogP contribution is -2.41. The number of allylic oxidation sites excluding steroid dienone is 3. The normalized spacial score (nSPS) is 16.5. The molecule has 1 fully saturated rings. The number of hydrogen-bond acceptors (Lipinski definition) is 7. The van der Waals surface area contributed by atoms with Gasteiger partial charge in [0, 0.05) is 25.8 Å². The molecule has 2 aliphatic rings. The number of aliphatic hydroxyl groups is 1. The van der Waals surface area contributed by atoms with Gasteiger partial charge in [-0.3, -0.25) is 5.01 Å². The average Bonchev–Trinajstić information content (AvgIpc) is 2.83. The lowest BCUT2D eigenvalue weighted by Gasteiger charge is -2.31. The summed E-state index contributed by atoms with van der Waals surface area (Å²) in [6.45, 7) is 4.78. The van der Waals surface area contributed by atoms with Crippen molar-refractivity contribution in [3.63, 3.8) is 0 Å². The van der Waals surface area contributed by atoms with E-state index >= 15 is 0 Å². The van der Waals surface area contributed by atoms with E-state index in [4.69, 9.17) is 4.74 Å². The maximum Gasteiger partial charge on any atom is 0.433 e. The first-order valence-corrected chi connectivity index (χ1v) is 10.7. The fraction of sp³-hybridized carbons (Fsp3) is 0.348. The number of morpholine rings is 1. The Balaban J connectivity index is 1.75. The summed E-state index contributed by atoms with van der Waals surface area (Å²) in [6, 6.07) is 8.96. The van der Waals surface area contributed by atoms with Crippen molar-refractivity contribution in [2.75, 3.05) is 54.7 Å². The third kappa shape index (κ3) is 5.23. The van der Waals surface area contributed by atoms with Crippen molar-refractivity contribution in [3.8, 4) is 11.1 Å². The monoisotopic (exact) mass is 461 g/mol. The standard InChI is InChI=1S/C23H26F3N5O2/c1-16-4-5-18(31-20(23(24,25)26)3-2-6-28-31)15-19(16)17-13-21(27-7-10-32)29-22(14-17)30-8-11-33-12-9-30/h2-6,13-15,28,32H,7-12H2,1H3,(H,27,29). The Hall–Kier alpha value is -3.24. The molecule has 33 heavy (non-hydrogen) atoms. The summed E-state index contributed by atoms with van der Waals surface area (Å²) in [5, 5.41) is 13.3. The predicted octanol–water partition coefficient (Wildman–Crippen LogP) is 3.58. The van der Waals surface area contributed by atoms with E-state index < -0.39 is 11.9 Å². The smallest absolute Gasteiger partial charge is 0.395 e. The second-order valence-electron chi connectivity index (χ2n) is 7.72. The van der Waals surface area contributed by atoms with E-state index in [9.17, 15) is 18.3 Å². The molecule has 0 amide bonds. The summed E-state index contributed by atoms with van der Waals surface area (Å²) < 4.78 is 46.2. The van der Waals surface area contributed by atoms with E-state index in [-0.39, 0.29) is 6.61 Å². The van der Waals surface area contributed by atoms with Crippen molar-refractivity contribution >= 4 is 17.3 Å². The van der Waals surface area contributed by atoms with Gasteiger partial charge in [-0.15, -0.1) is 0 Å². The highest BCUT2D eigenvalue weighted by Gasteiger charge is 2.39. The summed E-state index contributed by atoms with van der Waals surface area (Å²) in [4.78, 5) is 6.77. The molecule has 2 aromatic rings. The number of aliphatic hydroxyl groups excluding tert-OH is 1. The predicted molar refractivity (Wildman–Crippen MR) is 122 cm³/mol. The number of pyridine rings is 1. The fourth-order valence-corrected chi connectivity index (χ4v) is 3.80. The number of hydrazine groups is 1. The molecule has 4 rings (SSSR count). The number of aromatic nitrogens is 1. The summed E-state index contributed by atoms with van der Waals surface area (Å²) in [7, 11) is 0. The zero-order valence-corrected chi connectivity index (χ0v) is 18.2. The third-order valence-electron chi connectivity index (χ3n) is 5.44. The van der Waals surface area contributed by atoms with Gasteiger partial charge < -0.3 is 25.5 Å². The van der Waals surface area contributed by atoms with Crippen molar-refractivity contribution in [2.24, 2.45) is 0 Å². The van der Waals surface area contributed by atoms with Crippen LogP contribution in [-0.4, -0.2) is 55.7 Å². The molecule has 0 saturated carbocycles. The Morgan fingerprint density at radius 1 is 1.18 bits per heavy atom. The summed E-state index contributed by atoms with van der Waals surface area (Å²) in [5.41, 5.74) is 4.76. The van der Waals surface area contributed by atoms with Gasteiger partial charge in [0.2, 0.25) is 0 Å². The van der Waals surface area contributed by atoms with Crippen molar-refractivity contribution in [1.82, 2.24) is 10.4 Å². The number of anilines is 3. The largest absolute Gasteiger partial charge is 0.433 e. The third-order valence-corrected chi connectivity index (χ3v) is 5.44. The van der Waals surface area contributed by atoms with Gasteiger partial charge in [0.25, 0.3) is 0 Å². The fourth-order valence-electron chi connectivity index (χ4n) is 3.80. The van der Waals surface area contributed by atoms with Crippen LogP contribution in [-0.2, 0) is 4.74 Å². The zero-order chi connectivity index (χ0) is 23.4. The zero-order valence-electron chi connectivity index (χ0n) is 18.2. The minimum absolute atomic E-state index is 0.0476. The molecule has 7 nitrogen and oxygen atoms in total. The number of alkyl halides is 3. The van der Waals surface area contributed by atoms with Crippen LogP contribution in [0.15, 0.2) is 54.4 Å². The molecule has 1 aromatic heterocycles. The number of aryl methyl sites for hydroxylation is 1. The summed E-state index contributed by atoms with van der Waals surface area (Å²) >= 11 is 0. The minimum Gasteiger partial charge on any atom is -0.395 e. The Bertz CT molecular complexity index is 1050. The van der Waals surface area contributed by atoms with Crippen molar-refractivity contribution in [1.29, 1.82) is 0 Å². The Morgan fingerprint density at radius 2 is 1.97 bits per heavy atom. The number of nitrogens with zero attached hydrogens (tertiary/aromatic N) is 3. The first-order chi connectivity index (χ1) is 15.9. The molecule has 0 bridgehead atoms. The van der Waals surface area contributed by atoms with Crippen LogP contribution < -0.4 is 20.7 Å². The number of hydrogen-bond donors (Lipinski definition) is 3. The van der Waals surface area contributed by atoms with Gasteiger partial charge in [0.05, 0.1) is 25.5 Å². The molecule has 0 atom stereocenters. The molecule has 10 heteroatoms. The van der Waals surface area contributed by atoms with Gasteiger partial charge in [-0.25, -0.2) is 4.98 Å². The van der Waals surface area contributed by atoms with Crippen molar-refractivity contribution in [3.05, 3.63) is 59.9 Å². The van der Waals surface area contributed by atoms with E-state index in [0.717, 1.165) is 33.6 Å². The van der Waals surface area contributed by atoms with Crippen LogP contribution in [0.25, 0.3) is 11.1 Å². The molecule has 0 radical (unpaired) electrons. The summed E-state index contributed by atoms with van der Waals surface area (Å²) in [5.74, 6) is 1.33. The van der Waals surface area contributed by atoms with Gasteiger partial charge in [0.15, 0.2) is 0 Å². The Kier molecular flexibility index (Phi) is 6.75. The highest BCUT2D eigenvalue weighted by atomic mass is 19.4. The van der Waals surface area contributed by atoms with Gasteiger partial charge in [-0.1, -0.05) is 6.07 Å². The molecule has 2 aliphatic heterocycles. The first kappa shape index (κ1) is 22.9. The van der Waals surface area contributed by atoms with Crippen LogP contribution in [0.4, 0.5) is 30.5 Å². The van der Waals surface area contributed by atoms with Crippen LogP contribution in [0.5, 0.6) is 0 Å². The molecule has 3 N–H and O–H groups in total.